The molecule has 0 radical (unpaired) electrons. The van der Waals surface area contributed by atoms with Crippen LogP contribution in [0.15, 0.2) is 64.5 Å². The zero-order chi connectivity index (χ0) is 15.4. The lowest BCUT2D eigenvalue weighted by molar-refractivity contribution is 0.474. The fourth-order valence-corrected chi connectivity index (χ4v) is 2.05. The van der Waals surface area contributed by atoms with Crippen LogP contribution in [-0.2, 0) is 6.42 Å². The molecular formula is C16H14N4O2. The summed E-state index contributed by atoms with van der Waals surface area (Å²) in [5.41, 5.74) is 1.14. The lowest BCUT2D eigenvalue weighted by atomic mass is 10.1. The van der Waals surface area contributed by atoms with Gasteiger partial charge in [-0.05, 0) is 17.7 Å². The first-order chi connectivity index (χ1) is 10.7. The number of phenols is 1. The quantitative estimate of drug-likeness (QED) is 0.719. The van der Waals surface area contributed by atoms with Crippen molar-refractivity contribution in [1.82, 2.24) is 14.9 Å². The van der Waals surface area contributed by atoms with E-state index in [1.54, 1.807) is 24.3 Å². The van der Waals surface area contributed by atoms with E-state index in [2.05, 4.69) is 15.3 Å². The third-order valence-corrected chi connectivity index (χ3v) is 3.17. The minimum atomic E-state index is -0.419. The Morgan fingerprint density at radius 3 is 2.64 bits per heavy atom. The van der Waals surface area contributed by atoms with Gasteiger partial charge >= 0.3 is 5.69 Å². The number of nitrogens with zero attached hydrogens (tertiary/aromatic N) is 3. The lowest BCUT2D eigenvalue weighted by Gasteiger charge is -2.01. The molecular weight excluding hydrogens is 280 g/mol. The van der Waals surface area contributed by atoms with Gasteiger partial charge in [0.05, 0.1) is 6.21 Å². The number of H-pyrrole nitrogens is 1. The van der Waals surface area contributed by atoms with Crippen molar-refractivity contribution in [2.45, 2.75) is 6.42 Å². The van der Waals surface area contributed by atoms with Gasteiger partial charge in [-0.15, -0.1) is 0 Å². The maximum Gasteiger partial charge on any atom is 0.364 e. The number of aromatic amines is 1. The summed E-state index contributed by atoms with van der Waals surface area (Å²) in [4.78, 5) is 11.8. The smallest absolute Gasteiger partial charge is 0.364 e. The van der Waals surface area contributed by atoms with Gasteiger partial charge < -0.3 is 5.11 Å². The molecule has 0 bridgehead atoms. The third-order valence-electron chi connectivity index (χ3n) is 3.17. The molecule has 1 aromatic heterocycles. The van der Waals surface area contributed by atoms with Crippen LogP contribution >= 0.6 is 0 Å². The monoisotopic (exact) mass is 294 g/mol. The highest BCUT2D eigenvalue weighted by Crippen LogP contribution is 2.13. The van der Waals surface area contributed by atoms with Crippen molar-refractivity contribution >= 4 is 6.21 Å². The maximum absolute atomic E-state index is 11.8. The van der Waals surface area contributed by atoms with Gasteiger partial charge in [0.15, 0.2) is 5.82 Å². The predicted molar refractivity (Wildman–Crippen MR) is 83.2 cm³/mol. The van der Waals surface area contributed by atoms with Crippen LogP contribution in [0, 0.1) is 0 Å². The fourth-order valence-electron chi connectivity index (χ4n) is 2.05. The summed E-state index contributed by atoms with van der Waals surface area (Å²) in [7, 11) is 0. The van der Waals surface area contributed by atoms with Crippen molar-refractivity contribution in [2.75, 3.05) is 0 Å². The number of hydrogen-bond donors (Lipinski definition) is 2. The van der Waals surface area contributed by atoms with Crippen molar-refractivity contribution < 1.29 is 5.11 Å². The molecule has 0 spiro atoms. The third kappa shape index (κ3) is 2.95. The van der Waals surface area contributed by atoms with Crippen LogP contribution in [0.3, 0.4) is 0 Å². The molecule has 3 aromatic rings. The normalized spacial score (nSPS) is 11.1. The van der Waals surface area contributed by atoms with Gasteiger partial charge in [0, 0.05) is 12.0 Å². The number of para-hydroxylation sites is 1. The van der Waals surface area contributed by atoms with Gasteiger partial charge in [0.25, 0.3) is 0 Å². The molecule has 0 fully saturated rings. The molecule has 0 saturated carbocycles. The first-order valence-corrected chi connectivity index (χ1v) is 6.76. The molecule has 110 valence electrons. The number of aromatic nitrogens is 3. The van der Waals surface area contributed by atoms with Gasteiger partial charge in [-0.1, -0.05) is 42.5 Å². The minimum absolute atomic E-state index is 0.104. The van der Waals surface area contributed by atoms with Crippen LogP contribution in [0.5, 0.6) is 5.75 Å². The summed E-state index contributed by atoms with van der Waals surface area (Å²) in [6.07, 6.45) is 1.92. The molecule has 2 N–H and O–H groups in total. The number of phenolic OH excluding ortho intramolecular Hbond substituents is 1. The Hall–Kier alpha value is -3.15. The second-order valence-corrected chi connectivity index (χ2v) is 4.72. The van der Waals surface area contributed by atoms with Crippen molar-refractivity contribution in [3.8, 4) is 5.75 Å². The van der Waals surface area contributed by atoms with E-state index >= 15 is 0 Å². The summed E-state index contributed by atoms with van der Waals surface area (Å²) in [5.74, 6) is 0.607. The van der Waals surface area contributed by atoms with E-state index in [0.29, 0.717) is 17.8 Å². The standard InChI is InChI=1S/C16H14N4O2/c21-14-9-5-4-8-13(14)11-17-20-15(18-19-16(20)22)10-12-6-2-1-3-7-12/h1-9,11,21H,10H2,(H,19,22)/b17-11+. The molecule has 0 amide bonds. The highest BCUT2D eigenvalue weighted by molar-refractivity contribution is 5.83. The van der Waals surface area contributed by atoms with E-state index in [-0.39, 0.29) is 5.75 Å². The second-order valence-electron chi connectivity index (χ2n) is 4.72. The molecule has 0 saturated heterocycles. The van der Waals surface area contributed by atoms with E-state index in [0.717, 1.165) is 5.56 Å². The van der Waals surface area contributed by atoms with E-state index in [9.17, 15) is 9.90 Å². The molecule has 0 unspecified atom stereocenters. The first kappa shape index (κ1) is 13.8. The van der Waals surface area contributed by atoms with Crippen LogP contribution in [0.25, 0.3) is 0 Å². The number of benzene rings is 2. The van der Waals surface area contributed by atoms with Crippen molar-refractivity contribution in [1.29, 1.82) is 0 Å². The Labute approximate surface area is 126 Å². The Bertz CT molecular complexity index is 850. The van der Waals surface area contributed by atoms with Crippen LogP contribution in [0.4, 0.5) is 0 Å². The number of aromatic hydroxyl groups is 1. The molecule has 22 heavy (non-hydrogen) atoms. The predicted octanol–water partition coefficient (Wildman–Crippen LogP) is 1.75. The Kier molecular flexibility index (Phi) is 3.82. The SMILES string of the molecule is O=c1[nH]nc(Cc2ccccc2)n1/N=C/c1ccccc1O. The van der Waals surface area contributed by atoms with E-state index in [1.807, 2.05) is 30.3 Å². The van der Waals surface area contributed by atoms with Crippen molar-refractivity contribution in [3.63, 3.8) is 0 Å². The summed E-state index contributed by atoms with van der Waals surface area (Å²) in [6.45, 7) is 0. The van der Waals surface area contributed by atoms with Crippen LogP contribution in [0.1, 0.15) is 17.0 Å². The summed E-state index contributed by atoms with van der Waals surface area (Å²) in [6, 6.07) is 16.5. The van der Waals surface area contributed by atoms with Crippen LogP contribution < -0.4 is 5.69 Å². The van der Waals surface area contributed by atoms with Gasteiger partial charge in [-0.25, -0.2) is 9.89 Å². The van der Waals surface area contributed by atoms with Gasteiger partial charge in [-0.2, -0.15) is 14.9 Å². The number of hydrogen-bond acceptors (Lipinski definition) is 4. The maximum atomic E-state index is 11.8. The minimum Gasteiger partial charge on any atom is -0.507 e. The average molecular weight is 294 g/mol. The molecule has 3 rings (SSSR count). The fraction of sp³-hybridized carbons (Fsp3) is 0.0625. The van der Waals surface area contributed by atoms with Crippen molar-refractivity contribution in [2.24, 2.45) is 5.10 Å². The molecule has 2 aromatic carbocycles. The summed E-state index contributed by atoms with van der Waals surface area (Å²) < 4.78 is 1.19. The number of nitrogens with one attached hydrogen (secondary N) is 1. The Balaban J connectivity index is 1.90. The molecule has 0 aliphatic carbocycles. The van der Waals surface area contributed by atoms with Gasteiger partial charge in [0.1, 0.15) is 5.75 Å². The van der Waals surface area contributed by atoms with Crippen molar-refractivity contribution in [3.05, 3.63) is 82.0 Å². The largest absolute Gasteiger partial charge is 0.507 e. The summed E-state index contributed by atoms with van der Waals surface area (Å²) >= 11 is 0. The first-order valence-electron chi connectivity index (χ1n) is 6.76. The highest BCUT2D eigenvalue weighted by atomic mass is 16.3. The van der Waals surface area contributed by atoms with E-state index < -0.39 is 5.69 Å². The molecule has 0 aliphatic rings. The van der Waals surface area contributed by atoms with E-state index in [1.165, 1.54) is 10.9 Å². The van der Waals surface area contributed by atoms with Gasteiger partial charge in [-0.3, -0.25) is 0 Å². The summed E-state index contributed by atoms with van der Waals surface area (Å²) in [5, 5.41) is 20.2. The number of rotatable bonds is 4. The molecule has 1 heterocycles. The Morgan fingerprint density at radius 1 is 1.14 bits per heavy atom. The van der Waals surface area contributed by atoms with Gasteiger partial charge in [0.2, 0.25) is 0 Å². The Morgan fingerprint density at radius 2 is 1.86 bits per heavy atom. The highest BCUT2D eigenvalue weighted by Gasteiger charge is 2.08. The molecule has 0 aliphatic heterocycles. The lowest BCUT2D eigenvalue weighted by Crippen LogP contribution is -2.15. The second kappa shape index (κ2) is 6.09. The molecule has 0 atom stereocenters. The molecule has 6 nitrogen and oxygen atoms in total. The topological polar surface area (TPSA) is 83.3 Å². The zero-order valence-electron chi connectivity index (χ0n) is 11.7. The average Bonchev–Trinajstić information content (AvgIpc) is 2.88. The van der Waals surface area contributed by atoms with Crippen LogP contribution in [0.2, 0.25) is 0 Å². The van der Waals surface area contributed by atoms with E-state index in [4.69, 9.17) is 0 Å². The molecule has 6 heteroatoms. The van der Waals surface area contributed by atoms with Crippen LogP contribution in [-0.4, -0.2) is 26.2 Å². The zero-order valence-corrected chi connectivity index (χ0v) is 11.7.